The van der Waals surface area contributed by atoms with Crippen LogP contribution >= 0.6 is 11.8 Å². The standard InChI is InChI=1S/C8H12OS/c9-8-5-6-3-1-2-4-7(6)10-8/h6-7H,1-5H2. The Labute approximate surface area is 65.6 Å². The van der Waals surface area contributed by atoms with Crippen LogP contribution in [-0.4, -0.2) is 10.4 Å². The Kier molecular flexibility index (Phi) is 1.73. The van der Waals surface area contributed by atoms with Crippen LogP contribution in [0.4, 0.5) is 0 Å². The highest BCUT2D eigenvalue weighted by Gasteiger charge is 2.34. The lowest BCUT2D eigenvalue weighted by atomic mass is 9.87. The highest BCUT2D eigenvalue weighted by molar-refractivity contribution is 8.14. The molecule has 1 heterocycles. The van der Waals surface area contributed by atoms with Crippen LogP contribution in [0.2, 0.25) is 0 Å². The van der Waals surface area contributed by atoms with Gasteiger partial charge < -0.3 is 0 Å². The number of thioether (sulfide) groups is 1. The van der Waals surface area contributed by atoms with Crippen molar-refractivity contribution >= 4 is 16.9 Å². The molecule has 0 N–H and O–H groups in total. The van der Waals surface area contributed by atoms with Gasteiger partial charge in [-0.25, -0.2) is 0 Å². The van der Waals surface area contributed by atoms with E-state index in [9.17, 15) is 4.79 Å². The number of carbonyl (C=O) groups excluding carboxylic acids is 1. The normalized spacial score (nSPS) is 39.8. The van der Waals surface area contributed by atoms with Gasteiger partial charge in [-0.1, -0.05) is 24.6 Å². The smallest absolute Gasteiger partial charge is 0.189 e. The van der Waals surface area contributed by atoms with Crippen molar-refractivity contribution in [3.63, 3.8) is 0 Å². The molecule has 0 spiro atoms. The van der Waals surface area contributed by atoms with Crippen LogP contribution < -0.4 is 0 Å². The van der Waals surface area contributed by atoms with Gasteiger partial charge in [-0.3, -0.25) is 4.79 Å². The van der Waals surface area contributed by atoms with E-state index in [0.29, 0.717) is 10.4 Å². The largest absolute Gasteiger partial charge is 0.287 e. The van der Waals surface area contributed by atoms with E-state index in [1.54, 1.807) is 11.8 Å². The van der Waals surface area contributed by atoms with Gasteiger partial charge in [-0.2, -0.15) is 0 Å². The summed E-state index contributed by atoms with van der Waals surface area (Å²) >= 11 is 1.61. The molecule has 1 aliphatic carbocycles. The molecular formula is C8H12OS. The van der Waals surface area contributed by atoms with Crippen molar-refractivity contribution in [2.24, 2.45) is 5.92 Å². The van der Waals surface area contributed by atoms with Crippen molar-refractivity contribution in [2.45, 2.75) is 37.4 Å². The second-order valence-electron chi connectivity index (χ2n) is 3.28. The summed E-state index contributed by atoms with van der Waals surface area (Å²) in [6.45, 7) is 0. The summed E-state index contributed by atoms with van der Waals surface area (Å²) in [5.41, 5.74) is 0. The van der Waals surface area contributed by atoms with E-state index in [1.165, 1.54) is 25.7 Å². The molecule has 0 aromatic heterocycles. The molecule has 1 aliphatic heterocycles. The maximum absolute atomic E-state index is 11.0. The molecule has 10 heavy (non-hydrogen) atoms. The number of carbonyl (C=O) groups is 1. The van der Waals surface area contributed by atoms with Crippen molar-refractivity contribution < 1.29 is 4.79 Å². The van der Waals surface area contributed by atoms with Gasteiger partial charge in [-0.05, 0) is 18.8 Å². The average Bonchev–Trinajstić information content (AvgIpc) is 2.27. The molecule has 2 aliphatic rings. The average molecular weight is 156 g/mol. The van der Waals surface area contributed by atoms with Gasteiger partial charge in [0.05, 0.1) is 0 Å². The van der Waals surface area contributed by atoms with E-state index < -0.39 is 0 Å². The van der Waals surface area contributed by atoms with Crippen LogP contribution in [0, 0.1) is 5.92 Å². The molecule has 1 nitrogen and oxygen atoms in total. The quantitative estimate of drug-likeness (QED) is 0.535. The SMILES string of the molecule is O=C1CC2CCCCC2S1. The van der Waals surface area contributed by atoms with Crippen LogP contribution in [0.3, 0.4) is 0 Å². The fraction of sp³-hybridized carbons (Fsp3) is 0.875. The molecule has 1 saturated heterocycles. The van der Waals surface area contributed by atoms with E-state index in [4.69, 9.17) is 0 Å². The van der Waals surface area contributed by atoms with Gasteiger partial charge in [0.2, 0.25) is 0 Å². The molecule has 56 valence electrons. The van der Waals surface area contributed by atoms with Gasteiger partial charge in [0.15, 0.2) is 5.12 Å². The highest BCUT2D eigenvalue weighted by Crippen LogP contribution is 2.42. The molecule has 2 rings (SSSR count). The van der Waals surface area contributed by atoms with Crippen LogP contribution in [0.1, 0.15) is 32.1 Å². The Bertz CT molecular complexity index is 139. The predicted octanol–water partition coefficient (Wildman–Crippen LogP) is 2.21. The van der Waals surface area contributed by atoms with Gasteiger partial charge >= 0.3 is 0 Å². The maximum Gasteiger partial charge on any atom is 0.189 e. The first-order valence-electron chi connectivity index (χ1n) is 4.06. The lowest BCUT2D eigenvalue weighted by molar-refractivity contribution is -0.111. The zero-order chi connectivity index (χ0) is 6.97. The van der Waals surface area contributed by atoms with Gasteiger partial charge in [0.25, 0.3) is 0 Å². The Morgan fingerprint density at radius 2 is 2.10 bits per heavy atom. The molecule has 2 fully saturated rings. The van der Waals surface area contributed by atoms with Crippen molar-refractivity contribution in [3.05, 3.63) is 0 Å². The fourth-order valence-electron chi connectivity index (χ4n) is 1.99. The Morgan fingerprint density at radius 3 is 2.90 bits per heavy atom. The number of rotatable bonds is 0. The predicted molar refractivity (Wildman–Crippen MR) is 43.0 cm³/mol. The molecular weight excluding hydrogens is 144 g/mol. The summed E-state index contributed by atoms with van der Waals surface area (Å²) in [4.78, 5) is 11.0. The van der Waals surface area contributed by atoms with Crippen LogP contribution in [0.5, 0.6) is 0 Å². The summed E-state index contributed by atoms with van der Waals surface area (Å²) in [7, 11) is 0. The molecule has 0 aromatic rings. The van der Waals surface area contributed by atoms with E-state index >= 15 is 0 Å². The first-order chi connectivity index (χ1) is 4.86. The van der Waals surface area contributed by atoms with Crippen LogP contribution in [0.15, 0.2) is 0 Å². The second kappa shape index (κ2) is 2.57. The van der Waals surface area contributed by atoms with Crippen molar-refractivity contribution in [2.75, 3.05) is 0 Å². The van der Waals surface area contributed by atoms with Crippen LogP contribution in [0.25, 0.3) is 0 Å². The topological polar surface area (TPSA) is 17.1 Å². The van der Waals surface area contributed by atoms with E-state index in [1.807, 2.05) is 0 Å². The van der Waals surface area contributed by atoms with E-state index in [2.05, 4.69) is 0 Å². The summed E-state index contributed by atoms with van der Waals surface area (Å²) in [6, 6.07) is 0. The van der Waals surface area contributed by atoms with Crippen LogP contribution in [-0.2, 0) is 4.79 Å². The molecule has 2 unspecified atom stereocenters. The zero-order valence-electron chi connectivity index (χ0n) is 6.01. The van der Waals surface area contributed by atoms with E-state index in [-0.39, 0.29) is 0 Å². The summed E-state index contributed by atoms with van der Waals surface area (Å²) < 4.78 is 0. The molecule has 0 radical (unpaired) electrons. The Hall–Kier alpha value is 0.0200. The second-order valence-corrected chi connectivity index (χ2v) is 4.57. The third kappa shape index (κ3) is 1.09. The van der Waals surface area contributed by atoms with Gasteiger partial charge in [0, 0.05) is 11.7 Å². The summed E-state index contributed by atoms with van der Waals surface area (Å²) in [6.07, 6.45) is 6.18. The first kappa shape index (κ1) is 6.71. The Balaban J connectivity index is 2.04. The first-order valence-corrected chi connectivity index (χ1v) is 4.94. The number of fused-ring (bicyclic) bond motifs is 1. The highest BCUT2D eigenvalue weighted by atomic mass is 32.2. The fourth-order valence-corrected chi connectivity index (χ4v) is 3.35. The lowest BCUT2D eigenvalue weighted by Crippen LogP contribution is -2.15. The molecule has 2 atom stereocenters. The molecule has 1 saturated carbocycles. The molecule has 0 bridgehead atoms. The Morgan fingerprint density at radius 1 is 1.30 bits per heavy atom. The summed E-state index contributed by atoms with van der Waals surface area (Å²) in [5, 5.41) is 1.15. The summed E-state index contributed by atoms with van der Waals surface area (Å²) in [5.74, 6) is 0.756. The maximum atomic E-state index is 11.0. The minimum atomic E-state index is 0.442. The number of hydrogen-bond acceptors (Lipinski definition) is 2. The monoisotopic (exact) mass is 156 g/mol. The molecule has 0 amide bonds. The third-order valence-corrected chi connectivity index (χ3v) is 3.90. The van der Waals surface area contributed by atoms with E-state index in [0.717, 1.165) is 12.3 Å². The van der Waals surface area contributed by atoms with Gasteiger partial charge in [-0.15, -0.1) is 0 Å². The number of hydrogen-bond donors (Lipinski definition) is 0. The van der Waals surface area contributed by atoms with Crippen molar-refractivity contribution in [1.82, 2.24) is 0 Å². The molecule has 0 aromatic carbocycles. The minimum absolute atomic E-state index is 0.442. The minimum Gasteiger partial charge on any atom is -0.287 e. The van der Waals surface area contributed by atoms with Crippen molar-refractivity contribution in [3.8, 4) is 0 Å². The lowest BCUT2D eigenvalue weighted by Gasteiger charge is -2.22. The van der Waals surface area contributed by atoms with Gasteiger partial charge in [0.1, 0.15) is 0 Å². The van der Waals surface area contributed by atoms with Crippen molar-refractivity contribution in [1.29, 1.82) is 0 Å². The third-order valence-electron chi connectivity index (χ3n) is 2.55. The zero-order valence-corrected chi connectivity index (χ0v) is 6.82. The molecule has 2 heteroatoms.